The van der Waals surface area contributed by atoms with Crippen molar-refractivity contribution in [1.29, 1.82) is 0 Å². The number of rotatable bonds is 5. The number of pyridine rings is 1. The number of nitrogens with zero attached hydrogens (tertiary/aromatic N) is 3. The number of H-pyrrole nitrogens is 1. The van der Waals surface area contributed by atoms with E-state index in [1.165, 1.54) is 11.0 Å². The molecule has 1 aromatic carbocycles. The highest BCUT2D eigenvalue weighted by Gasteiger charge is 2.33. The summed E-state index contributed by atoms with van der Waals surface area (Å²) >= 11 is 0. The molecule has 0 saturated carbocycles. The zero-order chi connectivity index (χ0) is 21.1. The highest BCUT2D eigenvalue weighted by atomic mass is 19.4. The summed E-state index contributed by atoms with van der Waals surface area (Å²) in [5, 5.41) is 9.43. The Kier molecular flexibility index (Phi) is 5.37. The van der Waals surface area contributed by atoms with Crippen molar-refractivity contribution in [2.45, 2.75) is 19.3 Å². The quantitative estimate of drug-likeness (QED) is 0.620. The van der Waals surface area contributed by atoms with E-state index in [0.717, 1.165) is 27.8 Å². The zero-order valence-corrected chi connectivity index (χ0v) is 15.8. The number of carbonyl (C=O) groups is 1. The topological polar surface area (TPSA) is 73.9 Å². The fraction of sp³-hybridized carbons (Fsp3) is 0.190. The predicted molar refractivity (Wildman–Crippen MR) is 106 cm³/mol. The first-order chi connectivity index (χ1) is 14.4. The summed E-state index contributed by atoms with van der Waals surface area (Å²) < 4.78 is 37.8. The fourth-order valence-corrected chi connectivity index (χ4v) is 3.46. The van der Waals surface area contributed by atoms with Gasteiger partial charge in [-0.05, 0) is 41.0 Å². The summed E-state index contributed by atoms with van der Waals surface area (Å²) in [5.74, 6) is -0.345. The number of alkyl halides is 3. The average Bonchev–Trinajstić information content (AvgIpc) is 3.34. The third-order valence-electron chi connectivity index (χ3n) is 4.74. The van der Waals surface area contributed by atoms with Crippen molar-refractivity contribution in [3.8, 4) is 11.1 Å². The SMILES string of the molecule is O=C(C=Cc1cnccc1-c1cn[nH]c1)Nc1ccc2c(c1)CN(CC(F)(F)F)C2. The maximum absolute atomic E-state index is 12.6. The monoisotopic (exact) mass is 413 g/mol. The third-order valence-corrected chi connectivity index (χ3v) is 4.74. The maximum Gasteiger partial charge on any atom is 0.401 e. The van der Waals surface area contributed by atoms with Crippen molar-refractivity contribution in [1.82, 2.24) is 20.1 Å². The Morgan fingerprint density at radius 3 is 2.80 bits per heavy atom. The molecule has 0 aliphatic carbocycles. The van der Waals surface area contributed by atoms with Gasteiger partial charge in [0, 0.05) is 54.6 Å². The Hall–Kier alpha value is -3.46. The minimum atomic E-state index is -4.23. The van der Waals surface area contributed by atoms with E-state index in [-0.39, 0.29) is 19.0 Å². The molecule has 1 amide bonds. The molecule has 0 atom stereocenters. The molecule has 154 valence electrons. The standard InChI is InChI=1S/C21H18F3N5O/c22-21(23,24)13-29-11-15-1-3-18(7-16(15)12-29)28-20(30)4-2-14-8-25-6-5-19(14)17-9-26-27-10-17/h1-10H,11-13H2,(H,26,27)(H,28,30). The van der Waals surface area contributed by atoms with E-state index in [0.29, 0.717) is 5.69 Å². The van der Waals surface area contributed by atoms with Crippen LogP contribution in [-0.2, 0) is 17.9 Å². The van der Waals surface area contributed by atoms with Crippen molar-refractivity contribution < 1.29 is 18.0 Å². The van der Waals surface area contributed by atoms with Gasteiger partial charge < -0.3 is 5.32 Å². The number of anilines is 1. The lowest BCUT2D eigenvalue weighted by Crippen LogP contribution is -2.29. The Morgan fingerprint density at radius 1 is 1.20 bits per heavy atom. The summed E-state index contributed by atoms with van der Waals surface area (Å²) in [6.07, 6.45) is 5.56. The minimum absolute atomic E-state index is 0.206. The Bertz CT molecular complexity index is 1080. The maximum atomic E-state index is 12.6. The van der Waals surface area contributed by atoms with Crippen LogP contribution in [0.5, 0.6) is 0 Å². The van der Waals surface area contributed by atoms with E-state index in [2.05, 4.69) is 20.5 Å². The van der Waals surface area contributed by atoms with Crippen molar-refractivity contribution in [3.63, 3.8) is 0 Å². The van der Waals surface area contributed by atoms with Crippen molar-refractivity contribution >= 4 is 17.7 Å². The highest BCUT2D eigenvalue weighted by molar-refractivity contribution is 6.02. The third kappa shape index (κ3) is 4.74. The van der Waals surface area contributed by atoms with Crippen LogP contribution in [0.4, 0.5) is 18.9 Å². The summed E-state index contributed by atoms with van der Waals surface area (Å²) in [6.45, 7) is -0.491. The lowest BCUT2D eigenvalue weighted by Gasteiger charge is -2.16. The van der Waals surface area contributed by atoms with Gasteiger partial charge in [-0.25, -0.2) is 0 Å². The number of halogens is 3. The fourth-order valence-electron chi connectivity index (χ4n) is 3.46. The molecule has 0 unspecified atom stereocenters. The van der Waals surface area contributed by atoms with Crippen LogP contribution >= 0.6 is 0 Å². The summed E-state index contributed by atoms with van der Waals surface area (Å²) in [7, 11) is 0. The lowest BCUT2D eigenvalue weighted by molar-refractivity contribution is -0.147. The molecular formula is C21H18F3N5O. The molecule has 1 aliphatic heterocycles. The molecule has 0 fully saturated rings. The molecular weight excluding hydrogens is 395 g/mol. The normalized spacial score (nSPS) is 14.2. The molecule has 2 aromatic heterocycles. The van der Waals surface area contributed by atoms with Gasteiger partial charge in [0.25, 0.3) is 0 Å². The van der Waals surface area contributed by atoms with Crippen LogP contribution in [0.25, 0.3) is 17.2 Å². The van der Waals surface area contributed by atoms with Gasteiger partial charge in [0.2, 0.25) is 5.91 Å². The number of hydrogen-bond acceptors (Lipinski definition) is 4. The number of amides is 1. The Labute approximate surface area is 170 Å². The van der Waals surface area contributed by atoms with E-state index >= 15 is 0 Å². The van der Waals surface area contributed by atoms with Crippen LogP contribution in [-0.4, -0.2) is 38.7 Å². The molecule has 0 bridgehead atoms. The van der Waals surface area contributed by atoms with Crippen LogP contribution in [0.15, 0.2) is 55.1 Å². The van der Waals surface area contributed by atoms with E-state index in [1.807, 2.05) is 6.07 Å². The first-order valence-electron chi connectivity index (χ1n) is 9.20. The van der Waals surface area contributed by atoms with Gasteiger partial charge in [0.15, 0.2) is 0 Å². The summed E-state index contributed by atoms with van der Waals surface area (Å²) in [4.78, 5) is 17.8. The van der Waals surface area contributed by atoms with Gasteiger partial charge in [-0.15, -0.1) is 0 Å². The smallest absolute Gasteiger partial charge is 0.323 e. The average molecular weight is 413 g/mol. The number of carbonyl (C=O) groups excluding carboxylic acids is 1. The van der Waals surface area contributed by atoms with E-state index in [1.54, 1.807) is 49.1 Å². The first kappa shape index (κ1) is 19.8. The summed E-state index contributed by atoms with van der Waals surface area (Å²) in [6, 6.07) is 7.00. The van der Waals surface area contributed by atoms with Gasteiger partial charge >= 0.3 is 6.18 Å². The van der Waals surface area contributed by atoms with Crippen molar-refractivity contribution in [3.05, 3.63) is 71.8 Å². The number of nitrogens with one attached hydrogen (secondary N) is 2. The first-order valence-corrected chi connectivity index (χ1v) is 9.20. The van der Waals surface area contributed by atoms with Crippen LogP contribution in [0.3, 0.4) is 0 Å². The highest BCUT2D eigenvalue weighted by Crippen LogP contribution is 2.29. The molecule has 3 aromatic rings. The molecule has 2 N–H and O–H groups in total. The van der Waals surface area contributed by atoms with Crippen molar-refractivity contribution in [2.24, 2.45) is 0 Å². The van der Waals surface area contributed by atoms with Gasteiger partial charge in [-0.1, -0.05) is 6.07 Å². The molecule has 0 saturated heterocycles. The van der Waals surface area contributed by atoms with Gasteiger partial charge in [0.1, 0.15) is 0 Å². The number of hydrogen-bond donors (Lipinski definition) is 2. The molecule has 4 rings (SSSR count). The predicted octanol–water partition coefficient (Wildman–Crippen LogP) is 4.00. The number of benzene rings is 1. The lowest BCUT2D eigenvalue weighted by atomic mass is 10.0. The van der Waals surface area contributed by atoms with E-state index in [4.69, 9.17) is 0 Å². The Morgan fingerprint density at radius 2 is 2.03 bits per heavy atom. The molecule has 1 aliphatic rings. The second-order valence-electron chi connectivity index (χ2n) is 7.02. The van der Waals surface area contributed by atoms with Crippen LogP contribution in [0, 0.1) is 0 Å². The number of fused-ring (bicyclic) bond motifs is 1. The largest absolute Gasteiger partial charge is 0.401 e. The zero-order valence-electron chi connectivity index (χ0n) is 15.8. The molecule has 30 heavy (non-hydrogen) atoms. The van der Waals surface area contributed by atoms with Crippen LogP contribution in [0.2, 0.25) is 0 Å². The molecule has 6 nitrogen and oxygen atoms in total. The second kappa shape index (κ2) is 8.11. The summed E-state index contributed by atoms with van der Waals surface area (Å²) in [5.41, 5.74) is 4.68. The second-order valence-corrected chi connectivity index (χ2v) is 7.02. The molecule has 9 heteroatoms. The van der Waals surface area contributed by atoms with Gasteiger partial charge in [-0.2, -0.15) is 18.3 Å². The number of aromatic amines is 1. The van der Waals surface area contributed by atoms with E-state index in [9.17, 15) is 18.0 Å². The van der Waals surface area contributed by atoms with Gasteiger partial charge in [-0.3, -0.25) is 19.8 Å². The van der Waals surface area contributed by atoms with E-state index < -0.39 is 12.7 Å². The number of aromatic nitrogens is 3. The van der Waals surface area contributed by atoms with Crippen LogP contribution in [0.1, 0.15) is 16.7 Å². The minimum Gasteiger partial charge on any atom is -0.323 e. The Balaban J connectivity index is 1.42. The van der Waals surface area contributed by atoms with Crippen molar-refractivity contribution in [2.75, 3.05) is 11.9 Å². The van der Waals surface area contributed by atoms with Crippen LogP contribution < -0.4 is 5.32 Å². The molecule has 3 heterocycles. The molecule has 0 spiro atoms. The van der Waals surface area contributed by atoms with Gasteiger partial charge in [0.05, 0.1) is 12.7 Å². The molecule has 0 radical (unpaired) electrons.